The van der Waals surface area contributed by atoms with Crippen LogP contribution in [0.15, 0.2) is 4.99 Å². The second-order valence-electron chi connectivity index (χ2n) is 7.30. The predicted octanol–water partition coefficient (Wildman–Crippen LogP) is 0.813. The summed E-state index contributed by atoms with van der Waals surface area (Å²) in [5, 5.41) is 16.8. The normalized spacial score (nSPS) is 25.3. The minimum atomic E-state index is -0.572. The molecule has 1 aliphatic carbocycles. The monoisotopic (exact) mass is 326 g/mol. The summed E-state index contributed by atoms with van der Waals surface area (Å²) in [7, 11) is 0. The first-order chi connectivity index (χ1) is 11.0. The van der Waals surface area contributed by atoms with E-state index in [1.807, 2.05) is 0 Å². The number of aliphatic imine (C=N–C) groups is 1. The van der Waals surface area contributed by atoms with Gasteiger partial charge in [-0.2, -0.15) is 0 Å². The molecule has 0 amide bonds. The Morgan fingerprint density at radius 3 is 2.78 bits per heavy atom. The van der Waals surface area contributed by atoms with Crippen LogP contribution in [0.25, 0.3) is 0 Å². The topological polar surface area (TPSA) is 69.1 Å². The minimum absolute atomic E-state index is 0.193. The zero-order valence-corrected chi connectivity index (χ0v) is 15.0. The Morgan fingerprint density at radius 2 is 2.17 bits per heavy atom. The predicted molar refractivity (Wildman–Crippen MR) is 93.8 cm³/mol. The molecule has 3 N–H and O–H groups in total. The molecule has 1 heterocycles. The van der Waals surface area contributed by atoms with Crippen LogP contribution in [0.4, 0.5) is 0 Å². The summed E-state index contributed by atoms with van der Waals surface area (Å²) >= 11 is 0. The van der Waals surface area contributed by atoms with E-state index in [1.165, 1.54) is 0 Å². The molecule has 6 nitrogen and oxygen atoms in total. The Bertz CT molecular complexity index is 383. The van der Waals surface area contributed by atoms with Gasteiger partial charge in [0.1, 0.15) is 0 Å². The highest BCUT2D eigenvalue weighted by atomic mass is 16.5. The quantitative estimate of drug-likeness (QED) is 0.477. The maximum atomic E-state index is 10.2. The molecule has 1 saturated heterocycles. The van der Waals surface area contributed by atoms with Crippen LogP contribution in [0.3, 0.4) is 0 Å². The van der Waals surface area contributed by atoms with Gasteiger partial charge < -0.3 is 20.5 Å². The summed E-state index contributed by atoms with van der Waals surface area (Å²) in [4.78, 5) is 7.01. The maximum Gasteiger partial charge on any atom is 0.191 e. The third kappa shape index (κ3) is 6.28. The summed E-state index contributed by atoms with van der Waals surface area (Å²) in [5.74, 6) is 1.46. The average molecular weight is 326 g/mol. The van der Waals surface area contributed by atoms with Crippen LogP contribution < -0.4 is 10.6 Å². The van der Waals surface area contributed by atoms with Gasteiger partial charge in [0, 0.05) is 32.7 Å². The Kier molecular flexibility index (Phi) is 7.11. The van der Waals surface area contributed by atoms with Gasteiger partial charge in [0.2, 0.25) is 0 Å². The molecule has 1 aliphatic heterocycles. The van der Waals surface area contributed by atoms with Gasteiger partial charge in [-0.15, -0.1) is 0 Å². The molecule has 1 atom stereocenters. The summed E-state index contributed by atoms with van der Waals surface area (Å²) < 4.78 is 5.86. The van der Waals surface area contributed by atoms with Crippen molar-refractivity contribution < 1.29 is 9.84 Å². The van der Waals surface area contributed by atoms with E-state index < -0.39 is 5.60 Å². The van der Waals surface area contributed by atoms with Crippen LogP contribution in [0.1, 0.15) is 40.0 Å². The minimum Gasteiger partial charge on any atom is -0.388 e. The molecular weight excluding hydrogens is 292 g/mol. The van der Waals surface area contributed by atoms with Crippen molar-refractivity contribution in [2.75, 3.05) is 45.9 Å². The Morgan fingerprint density at radius 1 is 1.39 bits per heavy atom. The number of aliphatic hydroxyl groups is 1. The van der Waals surface area contributed by atoms with Crippen LogP contribution in [0.5, 0.6) is 0 Å². The Balaban J connectivity index is 1.77. The smallest absolute Gasteiger partial charge is 0.191 e. The van der Waals surface area contributed by atoms with Gasteiger partial charge in [-0.25, -0.2) is 0 Å². The molecule has 0 aromatic carbocycles. The molecule has 134 valence electrons. The van der Waals surface area contributed by atoms with Gasteiger partial charge in [-0.3, -0.25) is 9.89 Å². The number of guanidine groups is 1. The lowest BCUT2D eigenvalue weighted by atomic mass is 9.80. The van der Waals surface area contributed by atoms with Crippen LogP contribution in [0, 0.1) is 5.92 Å². The maximum absolute atomic E-state index is 10.2. The highest BCUT2D eigenvalue weighted by Gasteiger charge is 2.34. The molecule has 0 radical (unpaired) electrons. The fourth-order valence-electron chi connectivity index (χ4n) is 3.11. The first-order valence-electron chi connectivity index (χ1n) is 9.09. The molecule has 0 bridgehead atoms. The summed E-state index contributed by atoms with van der Waals surface area (Å²) in [6, 6.07) is 0. The van der Waals surface area contributed by atoms with Crippen LogP contribution in [-0.4, -0.2) is 73.5 Å². The third-order valence-electron chi connectivity index (χ3n) is 4.50. The lowest BCUT2D eigenvalue weighted by molar-refractivity contribution is -0.0287. The van der Waals surface area contributed by atoms with Crippen LogP contribution >= 0.6 is 0 Å². The Labute approximate surface area is 140 Å². The van der Waals surface area contributed by atoms with Crippen molar-refractivity contribution in [3.63, 3.8) is 0 Å². The zero-order chi connectivity index (χ0) is 16.7. The number of hydrogen-bond donors (Lipinski definition) is 3. The molecule has 0 aromatic rings. The van der Waals surface area contributed by atoms with Gasteiger partial charge in [-0.1, -0.05) is 13.8 Å². The number of nitrogens with zero attached hydrogens (tertiary/aromatic N) is 2. The van der Waals surface area contributed by atoms with Gasteiger partial charge in [0.15, 0.2) is 5.96 Å². The van der Waals surface area contributed by atoms with Crippen molar-refractivity contribution in [3.8, 4) is 0 Å². The third-order valence-corrected chi connectivity index (χ3v) is 4.50. The molecule has 6 heteroatoms. The van der Waals surface area contributed by atoms with E-state index in [1.54, 1.807) is 0 Å². The lowest BCUT2D eigenvalue weighted by Crippen LogP contribution is -2.50. The van der Waals surface area contributed by atoms with Crippen LogP contribution in [-0.2, 0) is 4.74 Å². The Hall–Kier alpha value is -0.850. The van der Waals surface area contributed by atoms with Crippen molar-refractivity contribution in [1.29, 1.82) is 0 Å². The molecule has 2 rings (SSSR count). The van der Waals surface area contributed by atoms with Crippen molar-refractivity contribution in [3.05, 3.63) is 0 Å². The van der Waals surface area contributed by atoms with Crippen LogP contribution in [0.2, 0.25) is 0 Å². The molecule has 1 saturated carbocycles. The van der Waals surface area contributed by atoms with E-state index in [4.69, 9.17) is 4.74 Å². The SMILES string of the molecule is CCNC(=NCC1(O)CCC1)NCC1CN(CC(C)C)CCO1. The van der Waals surface area contributed by atoms with E-state index in [2.05, 4.69) is 41.3 Å². The van der Waals surface area contributed by atoms with E-state index in [0.717, 1.165) is 64.6 Å². The molecular formula is C17H34N4O2. The molecule has 0 spiro atoms. The summed E-state index contributed by atoms with van der Waals surface area (Å²) in [6.07, 6.45) is 3.04. The van der Waals surface area contributed by atoms with E-state index >= 15 is 0 Å². The molecule has 1 unspecified atom stereocenters. The van der Waals surface area contributed by atoms with Gasteiger partial charge >= 0.3 is 0 Å². The summed E-state index contributed by atoms with van der Waals surface area (Å²) in [6.45, 7) is 12.5. The summed E-state index contributed by atoms with van der Waals surface area (Å²) in [5.41, 5.74) is -0.572. The lowest BCUT2D eigenvalue weighted by Gasteiger charge is -2.35. The first kappa shape index (κ1) is 18.5. The second-order valence-corrected chi connectivity index (χ2v) is 7.30. The van der Waals surface area contributed by atoms with Crippen molar-refractivity contribution in [2.24, 2.45) is 10.9 Å². The van der Waals surface area contributed by atoms with Crippen molar-refractivity contribution in [2.45, 2.75) is 51.7 Å². The molecule has 0 aromatic heterocycles. The fourth-order valence-corrected chi connectivity index (χ4v) is 3.11. The fraction of sp³-hybridized carbons (Fsp3) is 0.941. The number of hydrogen-bond acceptors (Lipinski definition) is 4. The molecule has 23 heavy (non-hydrogen) atoms. The average Bonchev–Trinajstić information content (AvgIpc) is 2.48. The highest BCUT2D eigenvalue weighted by molar-refractivity contribution is 5.79. The largest absolute Gasteiger partial charge is 0.388 e. The van der Waals surface area contributed by atoms with Gasteiger partial charge in [0.05, 0.1) is 24.9 Å². The standard InChI is InChI=1S/C17H34N4O2/c1-4-18-16(20-13-17(22)6-5-7-17)19-10-15-12-21(8-9-23-15)11-14(2)3/h14-15,22H,4-13H2,1-3H3,(H2,18,19,20). The van der Waals surface area contributed by atoms with E-state index in [-0.39, 0.29) is 6.10 Å². The van der Waals surface area contributed by atoms with Crippen molar-refractivity contribution >= 4 is 5.96 Å². The zero-order valence-electron chi connectivity index (χ0n) is 15.0. The second kappa shape index (κ2) is 8.85. The van der Waals surface area contributed by atoms with E-state index in [0.29, 0.717) is 12.5 Å². The van der Waals surface area contributed by atoms with Gasteiger partial charge in [-0.05, 0) is 32.1 Å². The molecule has 2 fully saturated rings. The number of rotatable bonds is 7. The highest BCUT2D eigenvalue weighted by Crippen LogP contribution is 2.31. The first-order valence-corrected chi connectivity index (χ1v) is 9.09. The molecule has 2 aliphatic rings. The van der Waals surface area contributed by atoms with Crippen molar-refractivity contribution in [1.82, 2.24) is 15.5 Å². The van der Waals surface area contributed by atoms with E-state index in [9.17, 15) is 5.11 Å². The van der Waals surface area contributed by atoms with Gasteiger partial charge in [0.25, 0.3) is 0 Å². The number of ether oxygens (including phenoxy) is 1. The number of morpholine rings is 1. The number of nitrogens with one attached hydrogen (secondary N) is 2.